The van der Waals surface area contributed by atoms with Crippen LogP contribution in [0.2, 0.25) is 0 Å². The second-order valence-corrected chi connectivity index (χ2v) is 12.9. The van der Waals surface area contributed by atoms with Crippen molar-refractivity contribution in [3.63, 3.8) is 0 Å². The van der Waals surface area contributed by atoms with E-state index < -0.39 is 0 Å². The summed E-state index contributed by atoms with van der Waals surface area (Å²) < 4.78 is 6.66. The molecule has 0 unspecified atom stereocenters. The first-order valence-corrected chi connectivity index (χ1v) is 17.1. The van der Waals surface area contributed by atoms with Crippen LogP contribution in [0.5, 0.6) is 0 Å². The van der Waals surface area contributed by atoms with Gasteiger partial charge in [0, 0.05) is 22.0 Å². The fourth-order valence-corrected chi connectivity index (χ4v) is 7.76. The van der Waals surface area contributed by atoms with Crippen LogP contribution >= 0.6 is 0 Å². The maximum Gasteiger partial charge on any atom is 0.159 e. The van der Waals surface area contributed by atoms with Crippen LogP contribution in [-0.2, 0) is 0 Å². The summed E-state index contributed by atoms with van der Waals surface area (Å²) in [7, 11) is 0. The molecule has 0 aliphatic heterocycles. The van der Waals surface area contributed by atoms with Crippen LogP contribution in [0.25, 0.3) is 76.5 Å². The van der Waals surface area contributed by atoms with Gasteiger partial charge in [0.25, 0.3) is 0 Å². The molecular weight excluding hydrogens is 607 g/mol. The van der Waals surface area contributed by atoms with E-state index in [1.807, 2.05) is 6.07 Å². The van der Waals surface area contributed by atoms with E-state index in [0.29, 0.717) is 0 Å². The minimum absolute atomic E-state index is 0.867. The zero-order valence-electron chi connectivity index (χ0n) is 27.3. The summed E-state index contributed by atoms with van der Waals surface area (Å²) in [6.45, 7) is 0. The van der Waals surface area contributed by atoms with Gasteiger partial charge in [-0.05, 0) is 85.4 Å². The van der Waals surface area contributed by atoms with Crippen LogP contribution in [0.3, 0.4) is 0 Å². The zero-order valence-corrected chi connectivity index (χ0v) is 27.3. The van der Waals surface area contributed by atoms with Gasteiger partial charge < -0.3 is 9.32 Å². The molecule has 2 heteroatoms. The van der Waals surface area contributed by atoms with Gasteiger partial charge in [-0.25, -0.2) is 0 Å². The minimum atomic E-state index is 0.867. The summed E-state index contributed by atoms with van der Waals surface area (Å²) in [5, 5.41) is 9.71. The average Bonchev–Trinajstić information content (AvgIpc) is 3.58. The number of anilines is 3. The summed E-state index contributed by atoms with van der Waals surface area (Å²) in [5.74, 6) is 0. The molecule has 0 atom stereocenters. The number of para-hydroxylation sites is 3. The fourth-order valence-electron chi connectivity index (χ4n) is 7.76. The van der Waals surface area contributed by atoms with E-state index in [9.17, 15) is 0 Å². The molecule has 0 radical (unpaired) electrons. The van der Waals surface area contributed by atoms with Crippen LogP contribution < -0.4 is 4.90 Å². The molecule has 1 heterocycles. The number of nitrogens with zero attached hydrogens (tertiary/aromatic N) is 1. The Kier molecular flexibility index (Phi) is 6.53. The summed E-state index contributed by atoms with van der Waals surface area (Å²) in [6.07, 6.45) is 0. The van der Waals surface area contributed by atoms with E-state index in [4.69, 9.17) is 4.42 Å². The molecule has 0 aliphatic carbocycles. The highest BCUT2D eigenvalue weighted by atomic mass is 16.3. The molecule has 0 aliphatic rings. The Morgan fingerprint density at radius 2 is 0.920 bits per heavy atom. The highest BCUT2D eigenvalue weighted by Gasteiger charge is 2.22. The van der Waals surface area contributed by atoms with Gasteiger partial charge in [0.05, 0.1) is 11.4 Å². The van der Waals surface area contributed by atoms with Gasteiger partial charge in [0.15, 0.2) is 5.58 Å². The third-order valence-electron chi connectivity index (χ3n) is 10.1. The fraction of sp³-hybridized carbons (Fsp3) is 0. The predicted octanol–water partition coefficient (Wildman–Crippen LogP) is 13.8. The average molecular weight is 638 g/mol. The lowest BCUT2D eigenvalue weighted by Crippen LogP contribution is -2.11. The highest BCUT2D eigenvalue weighted by molar-refractivity contribution is 6.14. The van der Waals surface area contributed by atoms with Crippen molar-refractivity contribution in [3.05, 3.63) is 188 Å². The molecule has 0 saturated heterocycles. The largest absolute Gasteiger partial charge is 0.454 e. The Balaban J connectivity index is 1.21. The molecule has 9 aromatic carbocycles. The number of benzene rings is 9. The molecule has 0 bridgehead atoms. The molecule has 0 spiro atoms. The quantitative estimate of drug-likeness (QED) is 0.175. The number of rotatable bonds is 5. The summed E-state index contributed by atoms with van der Waals surface area (Å²) in [6, 6.07) is 67.5. The number of furan rings is 1. The summed E-state index contributed by atoms with van der Waals surface area (Å²) in [5.41, 5.74) is 9.65. The van der Waals surface area contributed by atoms with Crippen LogP contribution in [-0.4, -0.2) is 0 Å². The van der Waals surface area contributed by atoms with Crippen molar-refractivity contribution < 1.29 is 4.42 Å². The van der Waals surface area contributed by atoms with Crippen LogP contribution in [0.1, 0.15) is 0 Å². The van der Waals surface area contributed by atoms with Gasteiger partial charge in [-0.3, -0.25) is 0 Å². The first-order chi connectivity index (χ1) is 24.8. The number of hydrogen-bond acceptors (Lipinski definition) is 2. The Hall–Kier alpha value is -6.64. The van der Waals surface area contributed by atoms with Crippen molar-refractivity contribution in [2.24, 2.45) is 0 Å². The van der Waals surface area contributed by atoms with Crippen molar-refractivity contribution in [3.8, 4) is 22.3 Å². The number of hydrogen-bond donors (Lipinski definition) is 0. The van der Waals surface area contributed by atoms with Gasteiger partial charge in [0.1, 0.15) is 5.58 Å². The second-order valence-electron chi connectivity index (χ2n) is 12.9. The first kappa shape index (κ1) is 28.4. The molecule has 1 aromatic heterocycles. The van der Waals surface area contributed by atoms with Gasteiger partial charge >= 0.3 is 0 Å². The van der Waals surface area contributed by atoms with Crippen LogP contribution in [0, 0.1) is 0 Å². The summed E-state index contributed by atoms with van der Waals surface area (Å²) in [4.78, 5) is 2.37. The standard InChI is InChI=1S/C48H31NO/c1-3-16-36-32(13-1)15-11-22-39(36)41-20-7-9-24-45(41)49(46-25-12-23-43-42-21-8-10-26-47(42)50-48(43)46)35-29-27-33(28-30-35)44-31-34-14-2-4-17-37(34)38-18-5-6-19-40(38)44/h1-31H. The molecule has 10 aromatic rings. The predicted molar refractivity (Wildman–Crippen MR) is 212 cm³/mol. The van der Waals surface area contributed by atoms with E-state index in [2.05, 4.69) is 187 Å². The van der Waals surface area contributed by atoms with Crippen LogP contribution in [0.15, 0.2) is 192 Å². The molecule has 0 N–H and O–H groups in total. The molecule has 2 nitrogen and oxygen atoms in total. The van der Waals surface area contributed by atoms with Gasteiger partial charge in [-0.2, -0.15) is 0 Å². The Morgan fingerprint density at radius 1 is 0.340 bits per heavy atom. The second kappa shape index (κ2) is 11.5. The first-order valence-electron chi connectivity index (χ1n) is 17.1. The van der Waals surface area contributed by atoms with Gasteiger partial charge in [-0.15, -0.1) is 0 Å². The molecule has 10 rings (SSSR count). The van der Waals surface area contributed by atoms with Gasteiger partial charge in [-0.1, -0.05) is 152 Å². The third-order valence-corrected chi connectivity index (χ3v) is 10.1. The minimum Gasteiger partial charge on any atom is -0.454 e. The molecule has 234 valence electrons. The molecule has 0 fully saturated rings. The van der Waals surface area contributed by atoms with Crippen molar-refractivity contribution in [1.29, 1.82) is 0 Å². The maximum atomic E-state index is 6.66. The topological polar surface area (TPSA) is 16.4 Å². The number of fused-ring (bicyclic) bond motifs is 7. The van der Waals surface area contributed by atoms with E-state index in [-0.39, 0.29) is 0 Å². The summed E-state index contributed by atoms with van der Waals surface area (Å²) >= 11 is 0. The van der Waals surface area contributed by atoms with Crippen molar-refractivity contribution in [2.45, 2.75) is 0 Å². The van der Waals surface area contributed by atoms with Crippen LogP contribution in [0.4, 0.5) is 17.1 Å². The SMILES string of the molecule is c1ccc(N(c2ccc(-c3cc4ccccc4c4ccccc34)cc2)c2cccc3c2oc2ccccc23)c(-c2cccc3ccccc23)c1. The van der Waals surface area contributed by atoms with E-state index in [1.165, 1.54) is 49.0 Å². The zero-order chi connectivity index (χ0) is 33.0. The third kappa shape index (κ3) is 4.50. The Labute approximate surface area is 290 Å². The lowest BCUT2D eigenvalue weighted by Gasteiger charge is -2.28. The highest BCUT2D eigenvalue weighted by Crippen LogP contribution is 2.46. The van der Waals surface area contributed by atoms with E-state index in [1.54, 1.807) is 0 Å². The van der Waals surface area contributed by atoms with Crippen molar-refractivity contribution in [2.75, 3.05) is 4.90 Å². The molecular formula is C48H31NO. The van der Waals surface area contributed by atoms with Gasteiger partial charge in [0.2, 0.25) is 0 Å². The molecule has 50 heavy (non-hydrogen) atoms. The molecule has 0 amide bonds. The lowest BCUT2D eigenvalue weighted by molar-refractivity contribution is 0.669. The maximum absolute atomic E-state index is 6.66. The lowest BCUT2D eigenvalue weighted by atomic mass is 9.93. The monoisotopic (exact) mass is 637 g/mol. The molecule has 0 saturated carbocycles. The van der Waals surface area contributed by atoms with E-state index >= 15 is 0 Å². The Morgan fingerprint density at radius 3 is 1.78 bits per heavy atom. The van der Waals surface area contributed by atoms with Crippen molar-refractivity contribution >= 4 is 71.3 Å². The van der Waals surface area contributed by atoms with E-state index in [0.717, 1.165) is 44.6 Å². The smallest absolute Gasteiger partial charge is 0.159 e. The Bertz CT molecular complexity index is 2870. The van der Waals surface area contributed by atoms with Crippen molar-refractivity contribution in [1.82, 2.24) is 0 Å². The normalized spacial score (nSPS) is 11.6.